The van der Waals surface area contributed by atoms with Crippen LogP contribution in [-0.2, 0) is 19.7 Å². The number of rotatable bonds is 5. The van der Waals surface area contributed by atoms with E-state index in [0.29, 0.717) is 0 Å². The van der Waals surface area contributed by atoms with E-state index in [1.807, 2.05) is 0 Å². The number of pyridine rings is 1. The first kappa shape index (κ1) is 24.6. The van der Waals surface area contributed by atoms with Crippen LogP contribution in [0.5, 0.6) is 5.88 Å². The summed E-state index contributed by atoms with van der Waals surface area (Å²) in [7, 11) is -3.73. The number of carbonyl (C=O) groups is 1. The van der Waals surface area contributed by atoms with Crippen LogP contribution in [0.1, 0.15) is 18.1 Å². The summed E-state index contributed by atoms with van der Waals surface area (Å²) in [6.07, 6.45) is 3.56. The van der Waals surface area contributed by atoms with Crippen molar-refractivity contribution in [2.45, 2.75) is 11.8 Å². The number of nitrogens with zero attached hydrogens (tertiary/aromatic N) is 4. The number of aromatic nitrogens is 3. The maximum Gasteiger partial charge on any atom is 0.330 e. The molecule has 0 amide bonds. The summed E-state index contributed by atoms with van der Waals surface area (Å²) in [5.41, 5.74) is 3.91. The minimum Gasteiger partial charge on any atom is -0.480 e. The number of carbonyl (C=O) groups excluding carboxylic acids is 1. The van der Waals surface area contributed by atoms with Gasteiger partial charge in [0.1, 0.15) is 11.5 Å². The molecule has 0 aliphatic rings. The number of sulfonamides is 1. The van der Waals surface area contributed by atoms with Crippen LogP contribution in [0.25, 0.3) is 0 Å². The number of anilines is 2. The fraction of sp³-hybridized carbons (Fsp3) is 0.100. The first-order valence-electron chi connectivity index (χ1n) is 9.05. The van der Waals surface area contributed by atoms with Crippen LogP contribution in [-0.4, -0.2) is 36.4 Å². The van der Waals surface area contributed by atoms with E-state index < -0.39 is 49.7 Å². The van der Waals surface area contributed by atoms with Gasteiger partial charge in [0.15, 0.2) is 10.7 Å². The molecule has 3 aromatic rings. The van der Waals surface area contributed by atoms with Gasteiger partial charge in [-0.25, -0.2) is 28.5 Å². The number of halogens is 3. The van der Waals surface area contributed by atoms with E-state index in [4.69, 9.17) is 26.9 Å². The molecule has 34 heavy (non-hydrogen) atoms. The van der Waals surface area contributed by atoms with Crippen molar-refractivity contribution in [2.24, 2.45) is 0 Å². The fourth-order valence-corrected chi connectivity index (χ4v) is 4.15. The van der Waals surface area contributed by atoms with Crippen LogP contribution in [0, 0.1) is 23.5 Å². The lowest BCUT2D eigenvalue weighted by molar-refractivity contribution is -0.140. The third-order valence-electron chi connectivity index (χ3n) is 3.96. The molecule has 2 N–H and O–H groups in total. The molecule has 0 bridgehead atoms. The molecule has 0 unspecified atom stereocenters. The van der Waals surface area contributed by atoms with Crippen molar-refractivity contribution >= 4 is 39.2 Å². The van der Waals surface area contributed by atoms with E-state index >= 15 is 4.39 Å². The van der Waals surface area contributed by atoms with E-state index in [1.54, 1.807) is 0 Å². The van der Waals surface area contributed by atoms with Crippen molar-refractivity contribution in [3.63, 3.8) is 0 Å². The molecule has 0 saturated heterocycles. The Kier molecular flexibility index (Phi) is 7.14. The topological polar surface area (TPSA) is 138 Å². The standard InChI is InChI=1S/C20H14ClF2N5O5S/c1-11(29)33-28(34(30,31)17-7-13(21)10-25-19(17)32-2)16-6-5-15(22)14(18(16)23)4-3-12-8-26-20(24)27-9-12/h5-10H,1-2H3,(H2,24,26,27). The van der Waals surface area contributed by atoms with E-state index in [1.165, 1.54) is 12.4 Å². The van der Waals surface area contributed by atoms with Crippen LogP contribution in [0.15, 0.2) is 41.7 Å². The first-order chi connectivity index (χ1) is 16.0. The van der Waals surface area contributed by atoms with Gasteiger partial charge in [0.2, 0.25) is 11.8 Å². The van der Waals surface area contributed by atoms with Gasteiger partial charge in [0, 0.05) is 25.5 Å². The third kappa shape index (κ3) is 5.13. The van der Waals surface area contributed by atoms with Crippen LogP contribution in [0.2, 0.25) is 5.02 Å². The van der Waals surface area contributed by atoms with Crippen molar-refractivity contribution in [1.82, 2.24) is 15.0 Å². The predicted molar refractivity (Wildman–Crippen MR) is 116 cm³/mol. The summed E-state index contributed by atoms with van der Waals surface area (Å²) >= 11 is 5.85. The second-order valence-corrected chi connectivity index (χ2v) is 8.47. The molecule has 2 aromatic heterocycles. The largest absolute Gasteiger partial charge is 0.480 e. The van der Waals surface area contributed by atoms with E-state index in [0.717, 1.165) is 38.4 Å². The van der Waals surface area contributed by atoms with Crippen molar-refractivity contribution in [3.05, 3.63) is 64.6 Å². The number of hydrogen-bond acceptors (Lipinski definition) is 9. The van der Waals surface area contributed by atoms with Gasteiger partial charge in [-0.1, -0.05) is 27.9 Å². The molecule has 2 heterocycles. The molecule has 14 heteroatoms. The highest BCUT2D eigenvalue weighted by Gasteiger charge is 2.35. The highest BCUT2D eigenvalue weighted by atomic mass is 35.5. The summed E-state index contributed by atoms with van der Waals surface area (Å²) in [4.78, 5) is 27.0. The number of nitrogen functional groups attached to an aromatic ring is 1. The monoisotopic (exact) mass is 509 g/mol. The van der Waals surface area contributed by atoms with Gasteiger partial charge in [0.05, 0.1) is 23.3 Å². The average molecular weight is 510 g/mol. The number of methoxy groups -OCH3 is 1. The zero-order valence-corrected chi connectivity index (χ0v) is 19.0. The summed E-state index contributed by atoms with van der Waals surface area (Å²) in [6, 6.07) is 2.47. The molecule has 0 atom stereocenters. The molecule has 3 rings (SSSR count). The zero-order valence-electron chi connectivity index (χ0n) is 17.4. The molecule has 0 saturated carbocycles. The molecule has 0 aliphatic heterocycles. The Morgan fingerprint density at radius 2 is 1.82 bits per heavy atom. The van der Waals surface area contributed by atoms with E-state index in [-0.39, 0.29) is 21.0 Å². The lowest BCUT2D eigenvalue weighted by atomic mass is 10.1. The van der Waals surface area contributed by atoms with Crippen molar-refractivity contribution in [3.8, 4) is 17.7 Å². The molecule has 176 valence electrons. The minimum absolute atomic E-state index is 0.0296. The Morgan fingerprint density at radius 3 is 2.44 bits per heavy atom. The van der Waals surface area contributed by atoms with E-state index in [2.05, 4.69) is 26.8 Å². The second-order valence-electron chi connectivity index (χ2n) is 6.31. The number of benzene rings is 1. The van der Waals surface area contributed by atoms with Crippen molar-refractivity contribution in [2.75, 3.05) is 17.3 Å². The maximum atomic E-state index is 15.3. The lowest BCUT2D eigenvalue weighted by Crippen LogP contribution is -2.34. The number of hydrogen-bond donors (Lipinski definition) is 1. The minimum atomic E-state index is -4.86. The smallest absolute Gasteiger partial charge is 0.330 e. The maximum absolute atomic E-state index is 15.3. The highest BCUT2D eigenvalue weighted by Crippen LogP contribution is 2.33. The Morgan fingerprint density at radius 1 is 1.15 bits per heavy atom. The van der Waals surface area contributed by atoms with Crippen LogP contribution in [0.4, 0.5) is 20.4 Å². The summed E-state index contributed by atoms with van der Waals surface area (Å²) in [5.74, 6) is 0.597. The van der Waals surface area contributed by atoms with Crippen LogP contribution in [0.3, 0.4) is 0 Å². The summed E-state index contributed by atoms with van der Waals surface area (Å²) in [6.45, 7) is 0.888. The lowest BCUT2D eigenvalue weighted by Gasteiger charge is -2.23. The Bertz CT molecular complexity index is 1430. The predicted octanol–water partition coefficient (Wildman–Crippen LogP) is 2.47. The molecule has 10 nitrogen and oxygen atoms in total. The molecular formula is C20H14ClF2N5O5S. The van der Waals surface area contributed by atoms with Gasteiger partial charge in [-0.15, -0.1) is 0 Å². The zero-order chi connectivity index (χ0) is 25.0. The van der Waals surface area contributed by atoms with Gasteiger partial charge in [0.25, 0.3) is 0 Å². The average Bonchev–Trinajstić information content (AvgIpc) is 2.79. The van der Waals surface area contributed by atoms with Crippen LogP contribution < -0.4 is 14.9 Å². The first-order valence-corrected chi connectivity index (χ1v) is 10.9. The fourth-order valence-electron chi connectivity index (χ4n) is 2.51. The van der Waals surface area contributed by atoms with Gasteiger partial charge >= 0.3 is 16.0 Å². The molecule has 0 radical (unpaired) electrons. The van der Waals surface area contributed by atoms with Gasteiger partial charge < -0.3 is 15.3 Å². The summed E-state index contributed by atoms with van der Waals surface area (Å²) in [5, 5.41) is -0.0981. The number of ether oxygens (including phenoxy) is 1. The Labute approximate surface area is 197 Å². The van der Waals surface area contributed by atoms with Gasteiger partial charge in [-0.05, 0) is 18.2 Å². The molecule has 0 fully saturated rings. The quantitative estimate of drug-likeness (QED) is 0.406. The highest BCUT2D eigenvalue weighted by molar-refractivity contribution is 7.92. The second kappa shape index (κ2) is 9.86. The van der Waals surface area contributed by atoms with Crippen molar-refractivity contribution < 1.29 is 31.6 Å². The Balaban J connectivity index is 2.18. The van der Waals surface area contributed by atoms with Crippen LogP contribution >= 0.6 is 11.6 Å². The molecule has 0 aliphatic carbocycles. The molecule has 1 aromatic carbocycles. The van der Waals surface area contributed by atoms with Crippen molar-refractivity contribution in [1.29, 1.82) is 0 Å². The van der Waals surface area contributed by atoms with E-state index in [9.17, 15) is 17.6 Å². The normalized spacial score (nSPS) is 10.7. The Hall–Kier alpha value is -4.02. The molecular weight excluding hydrogens is 496 g/mol. The van der Waals surface area contributed by atoms with Gasteiger partial charge in [-0.3, -0.25) is 0 Å². The molecule has 0 spiro atoms. The summed E-state index contributed by atoms with van der Waals surface area (Å²) < 4.78 is 61.3. The number of nitrogens with two attached hydrogens (primary N) is 1. The third-order valence-corrected chi connectivity index (χ3v) is 5.72. The SMILES string of the molecule is COc1ncc(Cl)cc1S(=O)(=O)N(OC(C)=O)c1ccc(F)c(C#Cc2cnc(N)nc2)c1F. The van der Waals surface area contributed by atoms with Gasteiger partial charge in [-0.2, -0.15) is 8.42 Å².